The lowest BCUT2D eigenvalue weighted by molar-refractivity contribution is 0.289. The van der Waals surface area contributed by atoms with Crippen molar-refractivity contribution in [1.29, 1.82) is 0 Å². The van der Waals surface area contributed by atoms with E-state index in [9.17, 15) is 8.42 Å². The minimum atomic E-state index is -3.46. The fourth-order valence-electron chi connectivity index (χ4n) is 2.85. The summed E-state index contributed by atoms with van der Waals surface area (Å²) >= 11 is 11.8. The number of hydrogen-bond acceptors (Lipinski definition) is 6. The van der Waals surface area contributed by atoms with Crippen LogP contribution in [0, 0.1) is 5.41 Å². The van der Waals surface area contributed by atoms with Crippen LogP contribution in [0.3, 0.4) is 0 Å². The number of rotatable bonds is 4. The number of nitrogens with zero attached hydrogens (tertiary/aromatic N) is 3. The maximum atomic E-state index is 11.2. The first-order chi connectivity index (χ1) is 9.76. The SMILES string of the molecule is CS(=O)(=O)OCC1CC2(CC2)CN1c1cc(Cl)nc(Cl)n1. The van der Waals surface area contributed by atoms with Crippen LogP contribution in [-0.2, 0) is 14.3 Å². The molecule has 1 aromatic rings. The van der Waals surface area contributed by atoms with Gasteiger partial charge in [0, 0.05) is 12.6 Å². The lowest BCUT2D eigenvalue weighted by Gasteiger charge is -2.25. The monoisotopic (exact) mass is 351 g/mol. The zero-order valence-corrected chi connectivity index (χ0v) is 13.7. The van der Waals surface area contributed by atoms with E-state index in [2.05, 4.69) is 9.97 Å². The summed E-state index contributed by atoms with van der Waals surface area (Å²) in [6, 6.07) is 1.59. The van der Waals surface area contributed by atoms with Crippen LogP contribution in [0.5, 0.6) is 0 Å². The largest absolute Gasteiger partial charge is 0.350 e. The molecule has 1 spiro atoms. The van der Waals surface area contributed by atoms with Crippen molar-refractivity contribution in [3.8, 4) is 0 Å². The van der Waals surface area contributed by atoms with Crippen LogP contribution in [0.1, 0.15) is 19.3 Å². The van der Waals surface area contributed by atoms with Gasteiger partial charge in [-0.2, -0.15) is 8.42 Å². The zero-order valence-electron chi connectivity index (χ0n) is 11.4. The van der Waals surface area contributed by atoms with E-state index in [-0.39, 0.29) is 28.5 Å². The molecule has 1 aliphatic heterocycles. The third-order valence-corrected chi connectivity index (χ3v) is 4.92. The summed E-state index contributed by atoms with van der Waals surface area (Å²) in [6.45, 7) is 0.925. The van der Waals surface area contributed by atoms with E-state index in [0.29, 0.717) is 5.82 Å². The van der Waals surface area contributed by atoms with Gasteiger partial charge in [0.1, 0.15) is 11.0 Å². The van der Waals surface area contributed by atoms with Crippen molar-refractivity contribution in [2.75, 3.05) is 24.3 Å². The molecule has 6 nitrogen and oxygen atoms in total. The third-order valence-electron chi connectivity index (χ3n) is 4.00. The van der Waals surface area contributed by atoms with E-state index >= 15 is 0 Å². The second kappa shape index (κ2) is 5.22. The van der Waals surface area contributed by atoms with Crippen LogP contribution in [0.25, 0.3) is 0 Å². The molecular weight excluding hydrogens is 337 g/mol. The Labute approximate surface area is 133 Å². The Morgan fingerprint density at radius 3 is 2.71 bits per heavy atom. The predicted molar refractivity (Wildman–Crippen MR) is 80.3 cm³/mol. The van der Waals surface area contributed by atoms with Crippen molar-refractivity contribution in [3.63, 3.8) is 0 Å². The Morgan fingerprint density at radius 1 is 1.43 bits per heavy atom. The second-order valence-corrected chi connectivity index (χ2v) is 8.16. The molecule has 1 atom stereocenters. The van der Waals surface area contributed by atoms with Gasteiger partial charge in [-0.05, 0) is 36.3 Å². The van der Waals surface area contributed by atoms with E-state index in [4.69, 9.17) is 27.4 Å². The normalized spacial score (nSPS) is 23.8. The van der Waals surface area contributed by atoms with Crippen molar-refractivity contribution in [3.05, 3.63) is 16.5 Å². The van der Waals surface area contributed by atoms with Gasteiger partial charge in [-0.15, -0.1) is 0 Å². The highest BCUT2D eigenvalue weighted by Crippen LogP contribution is 2.55. The van der Waals surface area contributed by atoms with Gasteiger partial charge in [0.2, 0.25) is 5.28 Å². The van der Waals surface area contributed by atoms with Gasteiger partial charge in [0.15, 0.2) is 0 Å². The van der Waals surface area contributed by atoms with Gasteiger partial charge in [-0.3, -0.25) is 4.18 Å². The number of aromatic nitrogens is 2. The number of anilines is 1. The minimum absolute atomic E-state index is 0.0516. The Hall–Kier alpha value is -0.630. The van der Waals surface area contributed by atoms with Crippen molar-refractivity contribution < 1.29 is 12.6 Å². The Morgan fingerprint density at radius 2 is 2.14 bits per heavy atom. The van der Waals surface area contributed by atoms with E-state index < -0.39 is 10.1 Å². The molecule has 0 amide bonds. The van der Waals surface area contributed by atoms with Gasteiger partial charge < -0.3 is 4.90 Å². The van der Waals surface area contributed by atoms with Crippen molar-refractivity contribution in [1.82, 2.24) is 9.97 Å². The highest BCUT2D eigenvalue weighted by molar-refractivity contribution is 7.85. The fourth-order valence-corrected chi connectivity index (χ4v) is 3.65. The Balaban J connectivity index is 1.83. The van der Waals surface area contributed by atoms with Crippen LogP contribution >= 0.6 is 23.2 Å². The van der Waals surface area contributed by atoms with Crippen LogP contribution in [-0.4, -0.2) is 43.8 Å². The molecule has 0 N–H and O–H groups in total. The van der Waals surface area contributed by atoms with Crippen LogP contribution < -0.4 is 4.90 Å². The molecule has 21 heavy (non-hydrogen) atoms. The average Bonchev–Trinajstić information content (AvgIpc) is 2.97. The van der Waals surface area contributed by atoms with Gasteiger partial charge in [0.25, 0.3) is 10.1 Å². The van der Waals surface area contributed by atoms with Crippen LogP contribution in [0.4, 0.5) is 5.82 Å². The standard InChI is InChI=1S/C12H15Cl2N3O3S/c1-21(18,19)20-6-8-5-12(2-3-12)7-17(8)10-4-9(13)15-11(14)16-10/h4,8H,2-3,5-7H2,1H3. The molecule has 0 radical (unpaired) electrons. The molecule has 1 aliphatic carbocycles. The smallest absolute Gasteiger partial charge is 0.264 e. The molecule has 2 aliphatic rings. The lowest BCUT2D eigenvalue weighted by Crippen LogP contribution is -2.34. The van der Waals surface area contributed by atoms with E-state index in [0.717, 1.165) is 32.1 Å². The van der Waals surface area contributed by atoms with Gasteiger partial charge in [-0.25, -0.2) is 9.97 Å². The second-order valence-electron chi connectivity index (χ2n) is 5.79. The van der Waals surface area contributed by atoms with Gasteiger partial charge in [-0.1, -0.05) is 11.6 Å². The molecular formula is C12H15Cl2N3O3S. The summed E-state index contributed by atoms with van der Waals surface area (Å²) in [7, 11) is -3.46. The topological polar surface area (TPSA) is 72.4 Å². The van der Waals surface area contributed by atoms with Gasteiger partial charge >= 0.3 is 0 Å². The predicted octanol–water partition coefficient (Wildman–Crippen LogP) is 2.12. The Bertz CT molecular complexity index is 643. The molecule has 2 fully saturated rings. The molecule has 1 saturated carbocycles. The minimum Gasteiger partial charge on any atom is -0.350 e. The summed E-state index contributed by atoms with van der Waals surface area (Å²) in [5, 5.41) is 0.349. The van der Waals surface area contributed by atoms with Gasteiger partial charge in [0.05, 0.1) is 18.9 Å². The zero-order chi connectivity index (χ0) is 15.3. The summed E-state index contributed by atoms with van der Waals surface area (Å²) in [4.78, 5) is 10.1. The average molecular weight is 352 g/mol. The molecule has 0 aromatic carbocycles. The molecule has 3 rings (SSSR count). The molecule has 116 valence electrons. The summed E-state index contributed by atoms with van der Waals surface area (Å²) < 4.78 is 27.4. The van der Waals surface area contributed by atoms with E-state index in [1.807, 2.05) is 4.90 Å². The first-order valence-electron chi connectivity index (χ1n) is 6.58. The van der Waals surface area contributed by atoms with Crippen LogP contribution in [0.15, 0.2) is 6.07 Å². The number of hydrogen-bond donors (Lipinski definition) is 0. The molecule has 1 unspecified atom stereocenters. The molecule has 1 aromatic heterocycles. The summed E-state index contributed by atoms with van der Waals surface area (Å²) in [5.41, 5.74) is 0.259. The lowest BCUT2D eigenvalue weighted by atomic mass is 10.0. The summed E-state index contributed by atoms with van der Waals surface area (Å²) in [6.07, 6.45) is 4.23. The molecule has 0 bridgehead atoms. The van der Waals surface area contributed by atoms with Crippen LogP contribution in [0.2, 0.25) is 10.4 Å². The van der Waals surface area contributed by atoms with Crippen molar-refractivity contribution in [2.45, 2.75) is 25.3 Å². The fraction of sp³-hybridized carbons (Fsp3) is 0.667. The number of halogens is 2. The van der Waals surface area contributed by atoms with Crippen molar-refractivity contribution >= 4 is 39.1 Å². The van der Waals surface area contributed by atoms with Crippen molar-refractivity contribution in [2.24, 2.45) is 5.41 Å². The summed E-state index contributed by atoms with van der Waals surface area (Å²) in [5.74, 6) is 0.617. The first kappa shape index (κ1) is 15.3. The van der Waals surface area contributed by atoms with E-state index in [1.165, 1.54) is 0 Å². The van der Waals surface area contributed by atoms with E-state index in [1.54, 1.807) is 6.07 Å². The first-order valence-corrected chi connectivity index (χ1v) is 9.15. The quantitative estimate of drug-likeness (QED) is 0.470. The molecule has 2 heterocycles. The molecule has 1 saturated heterocycles. The molecule has 9 heteroatoms. The highest BCUT2D eigenvalue weighted by Gasteiger charge is 2.52. The third kappa shape index (κ3) is 3.59. The maximum Gasteiger partial charge on any atom is 0.264 e. The Kier molecular flexibility index (Phi) is 3.80. The highest BCUT2D eigenvalue weighted by atomic mass is 35.5. The maximum absolute atomic E-state index is 11.2.